The lowest BCUT2D eigenvalue weighted by atomic mass is 9.94. The standard InChI is InChI=1S/C33H44N2O7/c1-6-41-26-10-9-25(20-23(26)4)31(36)29-30(24-8-11-27(28(21-24)39-5)42-17-12-22(2)3)35(33(38)32(29)37)14-7-13-34-15-18-40-19-16-34/h8-11,20-22,30,36H,6-7,12-19H2,1-5H3/b31-29+. The van der Waals surface area contributed by atoms with Gasteiger partial charge in [0, 0.05) is 31.7 Å². The predicted molar refractivity (Wildman–Crippen MR) is 161 cm³/mol. The molecular formula is C33H44N2O7. The van der Waals surface area contributed by atoms with Gasteiger partial charge in [0.05, 0.1) is 45.2 Å². The van der Waals surface area contributed by atoms with E-state index in [0.29, 0.717) is 73.7 Å². The van der Waals surface area contributed by atoms with E-state index in [0.717, 1.165) is 31.6 Å². The van der Waals surface area contributed by atoms with Gasteiger partial charge in [-0.1, -0.05) is 19.9 Å². The van der Waals surface area contributed by atoms with E-state index in [1.54, 1.807) is 36.3 Å². The van der Waals surface area contributed by atoms with Crippen molar-refractivity contribution in [3.05, 3.63) is 58.7 Å². The highest BCUT2D eigenvalue weighted by Gasteiger charge is 2.46. The summed E-state index contributed by atoms with van der Waals surface area (Å²) in [6.45, 7) is 13.3. The molecule has 0 aromatic heterocycles. The van der Waals surface area contributed by atoms with Crippen molar-refractivity contribution in [2.45, 2.75) is 46.6 Å². The monoisotopic (exact) mass is 580 g/mol. The zero-order valence-electron chi connectivity index (χ0n) is 25.5. The number of hydrogen-bond acceptors (Lipinski definition) is 8. The van der Waals surface area contributed by atoms with E-state index >= 15 is 0 Å². The molecule has 9 nitrogen and oxygen atoms in total. The minimum Gasteiger partial charge on any atom is -0.507 e. The first kappa shape index (κ1) is 31.4. The number of rotatable bonds is 13. The summed E-state index contributed by atoms with van der Waals surface area (Å²) < 4.78 is 22.7. The highest BCUT2D eigenvalue weighted by Crippen LogP contribution is 2.42. The van der Waals surface area contributed by atoms with Gasteiger partial charge in [-0.3, -0.25) is 14.5 Å². The lowest BCUT2D eigenvalue weighted by molar-refractivity contribution is -0.140. The first-order valence-electron chi connectivity index (χ1n) is 14.9. The third-order valence-corrected chi connectivity index (χ3v) is 7.72. The smallest absolute Gasteiger partial charge is 0.295 e. The first-order valence-corrected chi connectivity index (χ1v) is 14.9. The summed E-state index contributed by atoms with van der Waals surface area (Å²) in [5.41, 5.74) is 2.00. The van der Waals surface area contributed by atoms with Crippen molar-refractivity contribution in [1.82, 2.24) is 9.80 Å². The number of benzene rings is 2. The fraction of sp³-hybridized carbons (Fsp3) is 0.515. The Hall–Kier alpha value is -3.56. The van der Waals surface area contributed by atoms with E-state index < -0.39 is 17.7 Å². The Labute approximate surface area is 249 Å². The number of Topliss-reactive ketones (excluding diaryl/α,β-unsaturated/α-hetero) is 1. The summed E-state index contributed by atoms with van der Waals surface area (Å²) >= 11 is 0. The number of carbonyl (C=O) groups is 2. The Morgan fingerprint density at radius 3 is 2.43 bits per heavy atom. The number of amides is 1. The molecule has 2 aliphatic rings. The van der Waals surface area contributed by atoms with Gasteiger partial charge >= 0.3 is 0 Å². The summed E-state index contributed by atoms with van der Waals surface area (Å²) in [6, 6.07) is 9.93. The lowest BCUT2D eigenvalue weighted by Gasteiger charge is -2.29. The second-order valence-corrected chi connectivity index (χ2v) is 11.2. The number of likely N-dealkylation sites (tertiary alicyclic amines) is 1. The molecule has 1 amide bonds. The van der Waals surface area contributed by atoms with Crippen LogP contribution in [0, 0.1) is 12.8 Å². The normalized spacial score (nSPS) is 19.0. The van der Waals surface area contributed by atoms with E-state index in [-0.39, 0.29) is 11.3 Å². The molecule has 0 saturated carbocycles. The van der Waals surface area contributed by atoms with Crippen molar-refractivity contribution in [1.29, 1.82) is 0 Å². The van der Waals surface area contributed by atoms with Gasteiger partial charge in [-0.2, -0.15) is 0 Å². The quantitative estimate of drug-likeness (QED) is 0.202. The minimum absolute atomic E-state index is 0.0606. The molecule has 1 atom stereocenters. The first-order chi connectivity index (χ1) is 20.2. The molecule has 0 aliphatic carbocycles. The summed E-state index contributed by atoms with van der Waals surface area (Å²) in [5.74, 6) is 0.761. The Bertz CT molecular complexity index is 1280. The van der Waals surface area contributed by atoms with Crippen LogP contribution in [0.25, 0.3) is 5.76 Å². The minimum atomic E-state index is -0.778. The number of aryl methyl sites for hydroxylation is 1. The maximum atomic E-state index is 13.5. The molecule has 2 aromatic carbocycles. The summed E-state index contributed by atoms with van der Waals surface area (Å²) in [4.78, 5) is 30.9. The molecule has 2 saturated heterocycles. The molecule has 228 valence electrons. The molecular weight excluding hydrogens is 536 g/mol. The van der Waals surface area contributed by atoms with Crippen molar-refractivity contribution in [2.75, 3.05) is 59.7 Å². The maximum Gasteiger partial charge on any atom is 0.295 e. The van der Waals surface area contributed by atoms with Crippen molar-refractivity contribution < 1.29 is 33.6 Å². The highest BCUT2D eigenvalue weighted by molar-refractivity contribution is 6.46. The summed E-state index contributed by atoms with van der Waals surface area (Å²) in [5, 5.41) is 11.5. The van der Waals surface area contributed by atoms with Crippen molar-refractivity contribution in [2.24, 2.45) is 5.92 Å². The molecule has 0 radical (unpaired) electrons. The average Bonchev–Trinajstić information content (AvgIpc) is 3.23. The SMILES string of the molecule is CCOc1ccc(/C(O)=C2\C(=O)C(=O)N(CCCN3CCOCC3)C2c2ccc(OCCC(C)C)c(OC)c2)cc1C. The van der Waals surface area contributed by atoms with Crippen LogP contribution >= 0.6 is 0 Å². The van der Waals surface area contributed by atoms with Crippen LogP contribution in [-0.4, -0.2) is 86.3 Å². The van der Waals surface area contributed by atoms with Crippen LogP contribution in [0.3, 0.4) is 0 Å². The van der Waals surface area contributed by atoms with Crippen LogP contribution in [0.4, 0.5) is 0 Å². The Balaban J connectivity index is 1.71. The fourth-order valence-electron chi connectivity index (χ4n) is 5.39. The number of aliphatic hydroxyl groups excluding tert-OH is 1. The molecule has 0 bridgehead atoms. The van der Waals surface area contributed by atoms with Crippen LogP contribution in [0.15, 0.2) is 42.0 Å². The van der Waals surface area contributed by atoms with E-state index in [9.17, 15) is 14.7 Å². The van der Waals surface area contributed by atoms with Gasteiger partial charge in [-0.25, -0.2) is 0 Å². The zero-order valence-corrected chi connectivity index (χ0v) is 25.5. The Morgan fingerprint density at radius 2 is 1.76 bits per heavy atom. The van der Waals surface area contributed by atoms with Gasteiger partial charge in [-0.15, -0.1) is 0 Å². The molecule has 2 heterocycles. The summed E-state index contributed by atoms with van der Waals surface area (Å²) in [7, 11) is 1.57. The van der Waals surface area contributed by atoms with E-state index in [2.05, 4.69) is 18.7 Å². The number of carbonyl (C=O) groups excluding carboxylic acids is 2. The third kappa shape index (κ3) is 7.25. The number of ether oxygens (including phenoxy) is 4. The van der Waals surface area contributed by atoms with Gasteiger partial charge < -0.3 is 29.0 Å². The second kappa shape index (κ2) is 14.6. The zero-order chi connectivity index (χ0) is 30.2. The van der Waals surface area contributed by atoms with E-state index in [4.69, 9.17) is 18.9 Å². The van der Waals surface area contributed by atoms with Gasteiger partial charge in [0.25, 0.3) is 11.7 Å². The number of nitrogens with zero attached hydrogens (tertiary/aromatic N) is 2. The van der Waals surface area contributed by atoms with Crippen molar-refractivity contribution in [3.63, 3.8) is 0 Å². The molecule has 9 heteroatoms. The Kier molecular flexibility index (Phi) is 10.9. The number of ketones is 1. The number of morpholine rings is 1. The molecule has 2 aromatic rings. The molecule has 2 fully saturated rings. The molecule has 0 spiro atoms. The molecule has 1 unspecified atom stereocenters. The van der Waals surface area contributed by atoms with E-state index in [1.165, 1.54) is 0 Å². The second-order valence-electron chi connectivity index (χ2n) is 11.2. The molecule has 1 N–H and O–H groups in total. The van der Waals surface area contributed by atoms with Crippen molar-refractivity contribution >= 4 is 17.4 Å². The molecule has 2 aliphatic heterocycles. The highest BCUT2D eigenvalue weighted by atomic mass is 16.5. The number of methoxy groups -OCH3 is 1. The van der Waals surface area contributed by atoms with E-state index in [1.807, 2.05) is 26.0 Å². The fourth-order valence-corrected chi connectivity index (χ4v) is 5.39. The molecule has 4 rings (SSSR count). The number of hydrogen-bond donors (Lipinski definition) is 1. The van der Waals surface area contributed by atoms with Gasteiger partial charge in [-0.05, 0) is 74.1 Å². The van der Waals surface area contributed by atoms with Crippen LogP contribution in [0.5, 0.6) is 17.2 Å². The maximum absolute atomic E-state index is 13.5. The predicted octanol–water partition coefficient (Wildman–Crippen LogP) is 4.97. The van der Waals surface area contributed by atoms with Crippen LogP contribution in [-0.2, 0) is 14.3 Å². The van der Waals surface area contributed by atoms with Crippen molar-refractivity contribution in [3.8, 4) is 17.2 Å². The van der Waals surface area contributed by atoms with Gasteiger partial charge in [0.2, 0.25) is 0 Å². The largest absolute Gasteiger partial charge is 0.507 e. The number of aliphatic hydroxyl groups is 1. The van der Waals surface area contributed by atoms with Gasteiger partial charge in [0.1, 0.15) is 11.5 Å². The van der Waals surface area contributed by atoms with Crippen LogP contribution in [0.1, 0.15) is 56.3 Å². The lowest BCUT2D eigenvalue weighted by Crippen LogP contribution is -2.39. The third-order valence-electron chi connectivity index (χ3n) is 7.72. The average molecular weight is 581 g/mol. The topological polar surface area (TPSA) is 97.8 Å². The van der Waals surface area contributed by atoms with Crippen LogP contribution < -0.4 is 14.2 Å². The molecule has 42 heavy (non-hydrogen) atoms. The van der Waals surface area contributed by atoms with Gasteiger partial charge in [0.15, 0.2) is 11.5 Å². The Morgan fingerprint density at radius 1 is 1.02 bits per heavy atom. The summed E-state index contributed by atoms with van der Waals surface area (Å²) in [6.07, 6.45) is 1.58. The van der Waals surface area contributed by atoms with Crippen LogP contribution in [0.2, 0.25) is 0 Å².